The molecule has 4 N–H and O–H groups in total. The number of piperidine rings is 1. The highest BCUT2D eigenvalue weighted by atomic mass is 19.1. The second-order valence-corrected chi connectivity index (χ2v) is 7.29. The molecule has 0 bridgehead atoms. The Morgan fingerprint density at radius 3 is 2.67 bits per heavy atom. The first-order valence-corrected chi connectivity index (χ1v) is 8.02. The van der Waals surface area contributed by atoms with Gasteiger partial charge in [-0.15, -0.1) is 0 Å². The van der Waals surface area contributed by atoms with Gasteiger partial charge in [-0.2, -0.15) is 0 Å². The maximum Gasteiger partial charge on any atom is 0.407 e. The lowest BCUT2D eigenvalue weighted by Gasteiger charge is -2.45. The van der Waals surface area contributed by atoms with E-state index in [2.05, 4.69) is 5.32 Å². The van der Waals surface area contributed by atoms with Crippen LogP contribution in [0.25, 0.3) is 0 Å². The summed E-state index contributed by atoms with van der Waals surface area (Å²) in [4.78, 5) is 13.0. The number of anilines is 2. The summed E-state index contributed by atoms with van der Waals surface area (Å²) in [5.41, 5.74) is 6.16. The van der Waals surface area contributed by atoms with E-state index in [1.807, 2.05) is 20.8 Å². The summed E-state index contributed by atoms with van der Waals surface area (Å²) in [6.07, 6.45) is 0.367. The summed E-state index contributed by atoms with van der Waals surface area (Å²) in [5, 5.41) is 12.7. The molecule has 2 rings (SSSR count). The number of nitrogens with one attached hydrogen (secondary N) is 1. The molecule has 0 saturated carbocycles. The van der Waals surface area contributed by atoms with Crippen LogP contribution in [0.2, 0.25) is 0 Å². The minimum Gasteiger partial charge on any atom is -0.497 e. The van der Waals surface area contributed by atoms with E-state index in [9.17, 15) is 14.3 Å². The molecule has 24 heavy (non-hydrogen) atoms. The molecule has 1 aromatic rings. The smallest absolute Gasteiger partial charge is 0.407 e. The molecule has 1 aliphatic heterocycles. The third kappa shape index (κ3) is 3.83. The van der Waals surface area contributed by atoms with Gasteiger partial charge >= 0.3 is 6.09 Å². The minimum atomic E-state index is -0.902. The number of ether oxygens (including phenoxy) is 1. The van der Waals surface area contributed by atoms with Crippen molar-refractivity contribution in [2.45, 2.75) is 45.7 Å². The van der Waals surface area contributed by atoms with Crippen molar-refractivity contribution in [3.05, 3.63) is 17.9 Å². The normalized spacial score (nSPS) is 21.5. The lowest BCUT2D eigenvalue weighted by atomic mass is 9.79. The number of halogens is 1. The number of hydrogen-bond acceptors (Lipinski definition) is 4. The molecule has 1 saturated heterocycles. The van der Waals surface area contributed by atoms with Gasteiger partial charge in [0.2, 0.25) is 0 Å². The summed E-state index contributed by atoms with van der Waals surface area (Å²) in [6, 6.07) is 2.79. The van der Waals surface area contributed by atoms with Crippen LogP contribution < -0.4 is 15.8 Å². The molecule has 1 aliphatic rings. The molecule has 1 heterocycles. The van der Waals surface area contributed by atoms with Gasteiger partial charge in [0.05, 0.1) is 18.5 Å². The quantitative estimate of drug-likeness (QED) is 0.735. The van der Waals surface area contributed by atoms with Gasteiger partial charge in [-0.25, -0.2) is 9.18 Å². The Morgan fingerprint density at radius 2 is 2.12 bits per heavy atom. The van der Waals surface area contributed by atoms with E-state index in [1.54, 1.807) is 6.07 Å². The predicted molar refractivity (Wildman–Crippen MR) is 92.0 cm³/mol. The number of amides is 1. The van der Waals surface area contributed by atoms with E-state index < -0.39 is 11.9 Å². The number of rotatable bonds is 3. The van der Waals surface area contributed by atoms with Gasteiger partial charge < -0.3 is 25.8 Å². The molecule has 7 heteroatoms. The number of hydrogen-bond donors (Lipinski definition) is 3. The van der Waals surface area contributed by atoms with Gasteiger partial charge in [0, 0.05) is 30.8 Å². The number of benzene rings is 1. The fourth-order valence-corrected chi connectivity index (χ4v) is 3.20. The highest BCUT2D eigenvalue weighted by molar-refractivity contribution is 5.70. The second kappa shape index (κ2) is 6.75. The van der Waals surface area contributed by atoms with Crippen LogP contribution in [0.3, 0.4) is 0 Å². The molecule has 0 spiro atoms. The van der Waals surface area contributed by atoms with E-state index in [0.29, 0.717) is 30.8 Å². The SMILES string of the molecule is COc1cc(F)c(N)c(NC2CCN(C(=O)O)C(C(C)(C)C)C2)c1. The molecule has 1 fully saturated rings. The Kier molecular flexibility index (Phi) is 5.11. The predicted octanol–water partition coefficient (Wildman–Crippen LogP) is 3.39. The average molecular weight is 339 g/mol. The van der Waals surface area contributed by atoms with Crippen LogP contribution in [0.4, 0.5) is 20.6 Å². The third-order valence-corrected chi connectivity index (χ3v) is 4.55. The Balaban J connectivity index is 2.20. The Morgan fingerprint density at radius 1 is 1.46 bits per heavy atom. The number of methoxy groups -OCH3 is 1. The standard InChI is InChI=1S/C17H26FN3O3/c1-17(2,3)14-7-10(5-6-21(14)16(22)23)20-13-9-11(24-4)8-12(18)15(13)19/h8-10,14,20H,5-7,19H2,1-4H3,(H,22,23). The summed E-state index contributed by atoms with van der Waals surface area (Å²) in [7, 11) is 1.47. The van der Waals surface area contributed by atoms with Gasteiger partial charge in [0.15, 0.2) is 5.82 Å². The van der Waals surface area contributed by atoms with Crippen molar-refractivity contribution in [3.63, 3.8) is 0 Å². The van der Waals surface area contributed by atoms with Crippen LogP contribution in [0.15, 0.2) is 12.1 Å². The molecule has 2 unspecified atom stereocenters. The fourth-order valence-electron chi connectivity index (χ4n) is 3.20. The van der Waals surface area contributed by atoms with Crippen LogP contribution in [0.1, 0.15) is 33.6 Å². The summed E-state index contributed by atoms with van der Waals surface area (Å²) in [6.45, 7) is 6.50. The monoisotopic (exact) mass is 339 g/mol. The topological polar surface area (TPSA) is 87.8 Å². The van der Waals surface area contributed by atoms with Crippen LogP contribution >= 0.6 is 0 Å². The van der Waals surface area contributed by atoms with Gasteiger partial charge in [0.1, 0.15) is 5.75 Å². The Bertz CT molecular complexity index is 616. The van der Waals surface area contributed by atoms with Crippen molar-refractivity contribution in [3.8, 4) is 5.75 Å². The molecule has 0 aromatic heterocycles. The highest BCUT2D eigenvalue weighted by Crippen LogP contribution is 2.35. The molecule has 134 valence electrons. The molecule has 6 nitrogen and oxygen atoms in total. The van der Waals surface area contributed by atoms with Crippen LogP contribution in [0, 0.1) is 11.2 Å². The zero-order valence-electron chi connectivity index (χ0n) is 14.6. The van der Waals surface area contributed by atoms with E-state index in [0.717, 1.165) is 0 Å². The molecular weight excluding hydrogens is 313 g/mol. The molecule has 0 radical (unpaired) electrons. The van der Waals surface area contributed by atoms with E-state index in [4.69, 9.17) is 10.5 Å². The zero-order valence-corrected chi connectivity index (χ0v) is 14.6. The van der Waals surface area contributed by atoms with Crippen molar-refractivity contribution < 1.29 is 19.0 Å². The second-order valence-electron chi connectivity index (χ2n) is 7.29. The summed E-state index contributed by atoms with van der Waals surface area (Å²) in [5.74, 6) is -0.147. The Hall–Kier alpha value is -2.18. The first kappa shape index (κ1) is 18.2. The van der Waals surface area contributed by atoms with E-state index in [1.165, 1.54) is 18.1 Å². The van der Waals surface area contributed by atoms with Crippen LogP contribution in [-0.4, -0.2) is 41.8 Å². The fraction of sp³-hybridized carbons (Fsp3) is 0.588. The van der Waals surface area contributed by atoms with Crippen molar-refractivity contribution in [2.75, 3.05) is 24.7 Å². The summed E-state index contributed by atoms with van der Waals surface area (Å²) >= 11 is 0. The largest absolute Gasteiger partial charge is 0.497 e. The van der Waals surface area contributed by atoms with Gasteiger partial charge in [-0.1, -0.05) is 20.8 Å². The lowest BCUT2D eigenvalue weighted by molar-refractivity contribution is 0.0558. The van der Waals surface area contributed by atoms with Crippen molar-refractivity contribution in [1.29, 1.82) is 0 Å². The number of carboxylic acid groups (broad SMARTS) is 1. The molecular formula is C17H26FN3O3. The van der Waals surface area contributed by atoms with Crippen LogP contribution in [-0.2, 0) is 0 Å². The number of carbonyl (C=O) groups is 1. The number of likely N-dealkylation sites (tertiary alicyclic amines) is 1. The number of nitrogen functional groups attached to an aromatic ring is 1. The van der Waals surface area contributed by atoms with Crippen molar-refractivity contribution >= 4 is 17.5 Å². The third-order valence-electron chi connectivity index (χ3n) is 4.55. The molecule has 1 aromatic carbocycles. The Labute approximate surface area is 141 Å². The lowest BCUT2D eigenvalue weighted by Crippen LogP contribution is -2.54. The van der Waals surface area contributed by atoms with Gasteiger partial charge in [0.25, 0.3) is 0 Å². The average Bonchev–Trinajstić information content (AvgIpc) is 2.50. The maximum absolute atomic E-state index is 13.9. The van der Waals surface area contributed by atoms with Crippen molar-refractivity contribution in [2.24, 2.45) is 5.41 Å². The molecule has 2 atom stereocenters. The maximum atomic E-state index is 13.9. The zero-order chi connectivity index (χ0) is 18.1. The number of nitrogens with two attached hydrogens (primary N) is 1. The van der Waals surface area contributed by atoms with E-state index in [-0.39, 0.29) is 23.2 Å². The van der Waals surface area contributed by atoms with Gasteiger partial charge in [-0.05, 0) is 18.3 Å². The summed E-state index contributed by atoms with van der Waals surface area (Å²) < 4.78 is 19.0. The van der Waals surface area contributed by atoms with Crippen LogP contribution in [0.5, 0.6) is 5.75 Å². The first-order chi connectivity index (χ1) is 11.1. The van der Waals surface area contributed by atoms with Gasteiger partial charge in [-0.3, -0.25) is 0 Å². The first-order valence-electron chi connectivity index (χ1n) is 8.02. The van der Waals surface area contributed by atoms with E-state index >= 15 is 0 Å². The molecule has 1 amide bonds. The van der Waals surface area contributed by atoms with Crippen molar-refractivity contribution in [1.82, 2.24) is 4.90 Å². The minimum absolute atomic E-state index is 0.0126. The molecule has 0 aliphatic carbocycles. The number of nitrogens with zero attached hydrogens (tertiary/aromatic N) is 1. The highest BCUT2D eigenvalue weighted by Gasteiger charge is 2.38.